The van der Waals surface area contributed by atoms with Gasteiger partial charge < -0.3 is 38.7 Å². The summed E-state index contributed by atoms with van der Waals surface area (Å²) in [6, 6.07) is 130. The molecule has 0 fully saturated rings. The minimum atomic E-state index is -0.298. The summed E-state index contributed by atoms with van der Waals surface area (Å²) in [6.45, 7) is 1.80. The van der Waals surface area contributed by atoms with Gasteiger partial charge in [0.05, 0.1) is 62.6 Å². The first kappa shape index (κ1) is 58.0. The summed E-state index contributed by atoms with van der Waals surface area (Å²) in [5.41, 5.74) is 38.1. The quantitative estimate of drug-likeness (QED) is 0.132. The van der Waals surface area contributed by atoms with Crippen molar-refractivity contribution >= 4 is 166 Å². The molecular formula is C95H61B2N7O. The predicted molar refractivity (Wildman–Crippen MR) is 438 cm³/mol. The Morgan fingerprint density at radius 1 is 0.238 bits per heavy atom. The number of hydrogen-bond acceptors (Lipinski definition) is 8. The lowest BCUT2D eigenvalue weighted by Gasteiger charge is -2.54. The first-order valence-electron chi connectivity index (χ1n) is 36.3. The van der Waals surface area contributed by atoms with Gasteiger partial charge in [-0.1, -0.05) is 255 Å². The zero-order chi connectivity index (χ0) is 68.7. The second-order valence-corrected chi connectivity index (χ2v) is 28.3. The summed E-state index contributed by atoms with van der Waals surface area (Å²) < 4.78 is 8.03. The molecule has 7 aliphatic rings. The van der Waals surface area contributed by atoms with Crippen LogP contribution in [-0.2, 0) is 0 Å². The molecular weight excluding hydrogens is 1280 g/mol. The molecule has 0 spiro atoms. The summed E-state index contributed by atoms with van der Waals surface area (Å²) in [6.07, 6.45) is 0. The Hall–Kier alpha value is -13.7. The van der Waals surface area contributed by atoms with Gasteiger partial charge >= 0.3 is 0 Å². The minimum absolute atomic E-state index is 0.240. The van der Waals surface area contributed by atoms with Gasteiger partial charge in [0.2, 0.25) is 0 Å². The van der Waals surface area contributed by atoms with Gasteiger partial charge in [-0.3, -0.25) is 0 Å². The highest BCUT2D eigenvalue weighted by Gasteiger charge is 2.57. The first-order chi connectivity index (χ1) is 52.1. The van der Waals surface area contributed by atoms with E-state index in [1.54, 1.807) is 0 Å². The van der Waals surface area contributed by atoms with Crippen LogP contribution in [0.4, 0.5) is 119 Å². The van der Waals surface area contributed by atoms with Crippen LogP contribution in [0.25, 0.3) is 44.9 Å². The van der Waals surface area contributed by atoms with E-state index in [0.717, 1.165) is 142 Å². The molecule has 0 amide bonds. The number of furan rings is 1. The maximum Gasteiger partial charge on any atom is 0.252 e. The fraction of sp³-hybridized carbons (Fsp3) is 0.0105. The van der Waals surface area contributed by atoms with Gasteiger partial charge in [0, 0.05) is 56.6 Å². The summed E-state index contributed by atoms with van der Waals surface area (Å²) in [5, 5.41) is 0. The van der Waals surface area contributed by atoms with E-state index in [2.05, 4.69) is 393 Å². The van der Waals surface area contributed by atoms with Gasteiger partial charge in [-0.15, -0.1) is 0 Å². The number of aryl methyl sites for hydroxylation is 1. The molecule has 0 N–H and O–H groups in total. The summed E-state index contributed by atoms with van der Waals surface area (Å²) in [4.78, 5) is 18.2. The fourth-order valence-corrected chi connectivity index (χ4v) is 18.6. The molecule has 0 saturated carbocycles. The first-order valence-corrected chi connectivity index (χ1v) is 36.3. The van der Waals surface area contributed by atoms with E-state index in [-0.39, 0.29) is 13.4 Å². The van der Waals surface area contributed by atoms with E-state index >= 15 is 0 Å². The number of anilines is 21. The predicted octanol–water partition coefficient (Wildman–Crippen LogP) is 21.8. The van der Waals surface area contributed by atoms with Crippen LogP contribution in [0.15, 0.2) is 356 Å². The van der Waals surface area contributed by atoms with Gasteiger partial charge in [-0.2, -0.15) is 0 Å². The normalized spacial score (nSPS) is 13.6. The third-order valence-corrected chi connectivity index (χ3v) is 22.8. The van der Waals surface area contributed by atoms with Crippen molar-refractivity contribution in [3.8, 4) is 44.9 Å². The molecule has 0 saturated heterocycles. The molecule has 10 heteroatoms. The van der Waals surface area contributed by atoms with Crippen LogP contribution in [0.5, 0.6) is 0 Å². The SMILES string of the molecule is Cc1cc2c3c4c1N(c1ccccc1)c1ccccc1N4c1cc(-c4ccccc4)ccc1B3c1ccc3c4c1N2c1c(-c2ccccc2)oc(-c2ccccc2)c1N4c1cc(N(c2ccccc2)c2ccccc2)c2c4c1B3c1cc(-c3ccccc3)ccc1N4c1ccccc1N2c1ccccc1. The molecule has 16 aromatic rings. The van der Waals surface area contributed by atoms with Crippen molar-refractivity contribution in [1.82, 2.24) is 0 Å². The Bertz CT molecular complexity index is 6240. The van der Waals surface area contributed by atoms with Crippen molar-refractivity contribution in [2.24, 2.45) is 0 Å². The van der Waals surface area contributed by atoms with E-state index in [1.807, 2.05) is 0 Å². The van der Waals surface area contributed by atoms with Gasteiger partial charge in [0.1, 0.15) is 11.4 Å². The van der Waals surface area contributed by atoms with E-state index in [4.69, 9.17) is 4.42 Å². The smallest absolute Gasteiger partial charge is 0.252 e. The third-order valence-electron chi connectivity index (χ3n) is 22.8. The third kappa shape index (κ3) is 8.08. The number of benzene rings is 15. The van der Waals surface area contributed by atoms with Crippen molar-refractivity contribution in [3.05, 3.63) is 357 Å². The Labute approximate surface area is 609 Å². The number of fused-ring (bicyclic) bond motifs is 17. The zero-order valence-electron chi connectivity index (χ0n) is 57.2. The largest absolute Gasteiger partial charge is 0.452 e. The lowest BCUT2D eigenvalue weighted by atomic mass is 9.30. The van der Waals surface area contributed by atoms with Gasteiger partial charge in [-0.25, -0.2) is 0 Å². The minimum Gasteiger partial charge on any atom is -0.452 e. The van der Waals surface area contributed by atoms with Crippen LogP contribution >= 0.6 is 0 Å². The highest BCUT2D eigenvalue weighted by Crippen LogP contribution is 2.68. The Balaban J connectivity index is 0.909. The number of hydrogen-bond donors (Lipinski definition) is 0. The van der Waals surface area contributed by atoms with Crippen LogP contribution in [0, 0.1) is 6.92 Å². The van der Waals surface area contributed by atoms with Crippen LogP contribution in [-0.4, -0.2) is 13.4 Å². The van der Waals surface area contributed by atoms with Crippen molar-refractivity contribution < 1.29 is 4.42 Å². The van der Waals surface area contributed by atoms with E-state index in [0.29, 0.717) is 0 Å². The molecule has 0 atom stereocenters. The average molecular weight is 1340 g/mol. The fourth-order valence-electron chi connectivity index (χ4n) is 18.6. The molecule has 23 rings (SSSR count). The molecule has 8 nitrogen and oxygen atoms in total. The standard InChI is InChI=1S/C95H61B2N7O/c1-60-56-81-84-90-86(60)99(69-42-22-8-23-43-69)76-46-26-29-49-79(76)102(90)80-58-66(62-32-12-3-13-33-62)50-52-71(80)96(84)72-53-54-73-88-87(72)103(81)92-93(95(64-36-16-5-17-37-64)105-94(92)63-34-14-4-15-35-63)104(88)82-59-83(98(67-38-18-6-19-39-67)68-40-20-7-21-41-68)89-91-85(82)97(73)74-57-65(61-30-10-2-11-31-61)51-55-75(74)101(91)78-48-28-27-47-77(78)100(89)70-44-24-9-25-45-70/h2-59H,1H3. The van der Waals surface area contributed by atoms with E-state index in [9.17, 15) is 0 Å². The van der Waals surface area contributed by atoms with Crippen molar-refractivity contribution in [3.63, 3.8) is 0 Å². The number of para-hydroxylation sites is 8. The Morgan fingerprint density at radius 2 is 0.619 bits per heavy atom. The lowest BCUT2D eigenvalue weighted by molar-refractivity contribution is 0.598. The topological polar surface area (TPSA) is 35.8 Å². The molecule has 8 heterocycles. The molecule has 7 aliphatic heterocycles. The van der Waals surface area contributed by atoms with E-state index in [1.165, 1.54) is 60.8 Å². The Morgan fingerprint density at radius 3 is 1.12 bits per heavy atom. The molecule has 1 aromatic heterocycles. The monoisotopic (exact) mass is 1340 g/mol. The van der Waals surface area contributed by atoms with Gasteiger partial charge in [0.15, 0.2) is 11.5 Å². The van der Waals surface area contributed by atoms with Crippen molar-refractivity contribution in [2.75, 3.05) is 34.3 Å². The van der Waals surface area contributed by atoms with E-state index < -0.39 is 0 Å². The number of nitrogens with zero attached hydrogens (tertiary/aromatic N) is 7. The zero-order valence-corrected chi connectivity index (χ0v) is 57.2. The number of rotatable bonds is 9. The molecule has 0 unspecified atom stereocenters. The molecule has 488 valence electrons. The molecule has 0 bridgehead atoms. The maximum atomic E-state index is 8.03. The summed E-state index contributed by atoms with van der Waals surface area (Å²) in [7, 11) is 0. The van der Waals surface area contributed by atoms with Crippen LogP contribution in [0.1, 0.15) is 5.56 Å². The molecule has 0 radical (unpaired) electrons. The molecule has 105 heavy (non-hydrogen) atoms. The van der Waals surface area contributed by atoms with Crippen molar-refractivity contribution in [1.29, 1.82) is 0 Å². The van der Waals surface area contributed by atoms with Crippen molar-refractivity contribution in [2.45, 2.75) is 6.92 Å². The summed E-state index contributed by atoms with van der Waals surface area (Å²) >= 11 is 0. The van der Waals surface area contributed by atoms with Crippen LogP contribution < -0.4 is 67.1 Å². The second kappa shape index (κ2) is 22.2. The Kier molecular flexibility index (Phi) is 12.2. The van der Waals surface area contributed by atoms with Gasteiger partial charge in [-0.05, 0) is 165 Å². The summed E-state index contributed by atoms with van der Waals surface area (Å²) in [5.74, 6) is 1.57. The highest BCUT2D eigenvalue weighted by molar-refractivity contribution is 7.03. The molecule has 15 aromatic carbocycles. The lowest BCUT2D eigenvalue weighted by Crippen LogP contribution is -2.66. The maximum absolute atomic E-state index is 8.03. The second-order valence-electron chi connectivity index (χ2n) is 28.3. The highest BCUT2D eigenvalue weighted by atomic mass is 16.3. The molecule has 0 aliphatic carbocycles. The van der Waals surface area contributed by atoms with Crippen LogP contribution in [0.3, 0.4) is 0 Å². The average Bonchev–Trinajstić information content (AvgIpc) is 1.64. The van der Waals surface area contributed by atoms with Crippen LogP contribution in [0.2, 0.25) is 0 Å². The van der Waals surface area contributed by atoms with Gasteiger partial charge in [0.25, 0.3) is 13.4 Å².